The van der Waals surface area contributed by atoms with Crippen LogP contribution < -0.4 is 4.90 Å². The number of carbonyl (C=O) groups excluding carboxylic acids is 1. The minimum atomic E-state index is -0.908. The molecule has 0 aromatic heterocycles. The van der Waals surface area contributed by atoms with Crippen molar-refractivity contribution in [3.05, 3.63) is 29.3 Å². The molecule has 4 heteroatoms. The molecule has 0 aliphatic rings. The molecule has 0 fully saturated rings. The van der Waals surface area contributed by atoms with Gasteiger partial charge in [0.1, 0.15) is 6.29 Å². The van der Waals surface area contributed by atoms with Crippen LogP contribution in [0.25, 0.3) is 0 Å². The van der Waals surface area contributed by atoms with Crippen molar-refractivity contribution in [2.45, 2.75) is 6.42 Å². The number of carbonyl (C=O) groups is 1. The molecule has 76 valence electrons. The van der Waals surface area contributed by atoms with Gasteiger partial charge in [0.25, 0.3) is 0 Å². The van der Waals surface area contributed by atoms with Crippen LogP contribution in [0.2, 0.25) is 0 Å². The first kappa shape index (κ1) is 10.6. The van der Waals surface area contributed by atoms with Gasteiger partial charge in [0.15, 0.2) is 11.6 Å². The Morgan fingerprint density at radius 3 is 2.50 bits per heavy atom. The second-order valence-electron chi connectivity index (χ2n) is 3.13. The summed E-state index contributed by atoms with van der Waals surface area (Å²) in [5.74, 6) is -1.81. The van der Waals surface area contributed by atoms with Crippen LogP contribution in [0.1, 0.15) is 5.56 Å². The highest BCUT2D eigenvalue weighted by Gasteiger charge is 2.14. The summed E-state index contributed by atoms with van der Waals surface area (Å²) in [6.07, 6.45) is 0.754. The molecule has 0 bridgehead atoms. The largest absolute Gasteiger partial charge is 0.375 e. The monoisotopic (exact) mass is 199 g/mol. The lowest BCUT2D eigenvalue weighted by atomic mass is 10.1. The summed E-state index contributed by atoms with van der Waals surface area (Å²) in [4.78, 5) is 11.8. The first-order valence-corrected chi connectivity index (χ1v) is 4.15. The van der Waals surface area contributed by atoms with Gasteiger partial charge < -0.3 is 9.69 Å². The van der Waals surface area contributed by atoms with E-state index in [1.165, 1.54) is 11.0 Å². The highest BCUT2D eigenvalue weighted by atomic mass is 19.2. The van der Waals surface area contributed by atoms with Gasteiger partial charge in [-0.15, -0.1) is 0 Å². The van der Waals surface area contributed by atoms with Crippen molar-refractivity contribution in [2.24, 2.45) is 0 Å². The molecule has 0 amide bonds. The lowest BCUT2D eigenvalue weighted by molar-refractivity contribution is -0.107. The number of nitrogens with zero attached hydrogens (tertiary/aromatic N) is 1. The molecule has 0 saturated heterocycles. The summed E-state index contributed by atoms with van der Waals surface area (Å²) in [5.41, 5.74) is 0.626. The van der Waals surface area contributed by atoms with Gasteiger partial charge in [-0.3, -0.25) is 0 Å². The molecular weight excluding hydrogens is 188 g/mol. The highest BCUT2D eigenvalue weighted by Crippen LogP contribution is 2.24. The van der Waals surface area contributed by atoms with Crippen molar-refractivity contribution in [2.75, 3.05) is 19.0 Å². The van der Waals surface area contributed by atoms with Crippen molar-refractivity contribution < 1.29 is 13.6 Å². The molecule has 2 nitrogen and oxygen atoms in total. The van der Waals surface area contributed by atoms with Gasteiger partial charge in [-0.1, -0.05) is 6.07 Å². The lowest BCUT2D eigenvalue weighted by Crippen LogP contribution is -2.14. The van der Waals surface area contributed by atoms with Crippen molar-refractivity contribution in [3.8, 4) is 0 Å². The number of hydrogen-bond acceptors (Lipinski definition) is 2. The molecule has 0 heterocycles. The van der Waals surface area contributed by atoms with Gasteiger partial charge in [0.05, 0.1) is 5.69 Å². The predicted octanol–water partition coefficient (Wildman–Crippen LogP) is 1.77. The minimum Gasteiger partial charge on any atom is -0.375 e. The zero-order chi connectivity index (χ0) is 10.7. The number of anilines is 1. The van der Waals surface area contributed by atoms with Crippen LogP contribution in [0.3, 0.4) is 0 Å². The van der Waals surface area contributed by atoms with Crippen molar-refractivity contribution in [3.63, 3.8) is 0 Å². The van der Waals surface area contributed by atoms with Crippen LogP contribution in [-0.4, -0.2) is 20.4 Å². The first-order valence-electron chi connectivity index (χ1n) is 4.15. The number of hydrogen-bond donors (Lipinski definition) is 0. The normalized spacial score (nSPS) is 10.0. The number of rotatable bonds is 3. The molecule has 0 spiro atoms. The van der Waals surface area contributed by atoms with E-state index in [4.69, 9.17) is 0 Å². The van der Waals surface area contributed by atoms with E-state index in [0.717, 1.165) is 6.07 Å². The Hall–Kier alpha value is -1.45. The SMILES string of the molecule is CN(C)c1c(CC=O)ccc(F)c1F. The quantitative estimate of drug-likeness (QED) is 0.691. The third kappa shape index (κ3) is 1.89. The molecular formula is C10H11F2NO. The molecule has 14 heavy (non-hydrogen) atoms. The third-order valence-corrected chi connectivity index (χ3v) is 1.90. The average Bonchev–Trinajstić information content (AvgIpc) is 2.11. The maximum atomic E-state index is 13.3. The fraction of sp³-hybridized carbons (Fsp3) is 0.300. The molecule has 0 aliphatic heterocycles. The molecule has 0 N–H and O–H groups in total. The summed E-state index contributed by atoms with van der Waals surface area (Å²) in [5, 5.41) is 0. The fourth-order valence-electron chi connectivity index (χ4n) is 1.32. The molecule has 1 rings (SSSR count). The molecule has 0 radical (unpaired) electrons. The topological polar surface area (TPSA) is 20.3 Å². The summed E-state index contributed by atoms with van der Waals surface area (Å²) in [7, 11) is 3.21. The molecule has 1 aromatic carbocycles. The highest BCUT2D eigenvalue weighted by molar-refractivity contribution is 5.64. The maximum Gasteiger partial charge on any atom is 0.182 e. The van der Waals surface area contributed by atoms with Gasteiger partial charge in [0.2, 0.25) is 0 Å². The summed E-state index contributed by atoms with van der Waals surface area (Å²) in [6.45, 7) is 0. The minimum absolute atomic E-state index is 0.0880. The van der Waals surface area contributed by atoms with Crippen LogP contribution in [0, 0.1) is 11.6 Å². The van der Waals surface area contributed by atoms with Crippen molar-refractivity contribution >= 4 is 12.0 Å². The second-order valence-corrected chi connectivity index (χ2v) is 3.13. The van der Waals surface area contributed by atoms with Crippen LogP contribution in [0.5, 0.6) is 0 Å². The average molecular weight is 199 g/mol. The van der Waals surface area contributed by atoms with Crippen LogP contribution >= 0.6 is 0 Å². The van der Waals surface area contributed by atoms with E-state index in [0.29, 0.717) is 11.8 Å². The molecule has 0 unspecified atom stereocenters. The van der Waals surface area contributed by atoms with Crippen molar-refractivity contribution in [1.29, 1.82) is 0 Å². The van der Waals surface area contributed by atoms with Crippen LogP contribution in [0.4, 0.5) is 14.5 Å². The zero-order valence-electron chi connectivity index (χ0n) is 8.05. The van der Waals surface area contributed by atoms with Gasteiger partial charge in [-0.05, 0) is 11.6 Å². The maximum absolute atomic E-state index is 13.3. The Kier molecular flexibility index (Phi) is 3.17. The number of aldehydes is 1. The van der Waals surface area contributed by atoms with Crippen LogP contribution in [0.15, 0.2) is 12.1 Å². The van der Waals surface area contributed by atoms with Gasteiger partial charge in [-0.2, -0.15) is 0 Å². The standard InChI is InChI=1S/C10H11F2NO/c1-13(2)10-7(5-6-14)3-4-8(11)9(10)12/h3-4,6H,5H2,1-2H3. The summed E-state index contributed by atoms with van der Waals surface area (Å²) < 4.78 is 26.2. The van der Waals surface area contributed by atoms with Gasteiger partial charge in [-0.25, -0.2) is 8.78 Å². The Balaban J connectivity index is 3.29. The molecule has 1 aromatic rings. The van der Waals surface area contributed by atoms with E-state index >= 15 is 0 Å². The smallest absolute Gasteiger partial charge is 0.182 e. The lowest BCUT2D eigenvalue weighted by Gasteiger charge is -2.17. The predicted molar refractivity (Wildman–Crippen MR) is 50.5 cm³/mol. The van der Waals surface area contributed by atoms with E-state index in [-0.39, 0.29) is 12.1 Å². The Morgan fingerprint density at radius 1 is 1.36 bits per heavy atom. The Labute approximate surface area is 81.1 Å². The fourth-order valence-corrected chi connectivity index (χ4v) is 1.32. The van der Waals surface area contributed by atoms with E-state index in [1.807, 2.05) is 0 Å². The van der Waals surface area contributed by atoms with E-state index in [9.17, 15) is 13.6 Å². The molecule has 0 saturated carbocycles. The van der Waals surface area contributed by atoms with Crippen molar-refractivity contribution in [1.82, 2.24) is 0 Å². The molecule has 0 atom stereocenters. The number of halogens is 2. The van der Waals surface area contributed by atoms with Crippen LogP contribution in [-0.2, 0) is 11.2 Å². The zero-order valence-corrected chi connectivity index (χ0v) is 8.05. The second kappa shape index (κ2) is 4.17. The molecule has 0 aliphatic carbocycles. The Morgan fingerprint density at radius 2 is 2.00 bits per heavy atom. The summed E-state index contributed by atoms with van der Waals surface area (Å²) >= 11 is 0. The Bertz CT molecular complexity index is 350. The first-order chi connectivity index (χ1) is 6.57. The van der Waals surface area contributed by atoms with E-state index in [2.05, 4.69) is 0 Å². The van der Waals surface area contributed by atoms with E-state index in [1.54, 1.807) is 14.1 Å². The van der Waals surface area contributed by atoms with Gasteiger partial charge >= 0.3 is 0 Å². The van der Waals surface area contributed by atoms with E-state index < -0.39 is 11.6 Å². The summed E-state index contributed by atoms with van der Waals surface area (Å²) in [6, 6.07) is 2.45. The number of benzene rings is 1. The third-order valence-electron chi connectivity index (χ3n) is 1.90. The van der Waals surface area contributed by atoms with Gasteiger partial charge in [0, 0.05) is 20.5 Å².